The summed E-state index contributed by atoms with van der Waals surface area (Å²) in [7, 11) is 1.61. The molecule has 0 aliphatic rings. The van der Waals surface area contributed by atoms with Gasteiger partial charge < -0.3 is 19.7 Å². The van der Waals surface area contributed by atoms with Crippen molar-refractivity contribution in [2.75, 3.05) is 13.7 Å². The molecule has 0 aliphatic carbocycles. The van der Waals surface area contributed by atoms with Crippen LogP contribution in [0.5, 0.6) is 0 Å². The molecule has 1 aromatic rings. The fourth-order valence-corrected chi connectivity index (χ4v) is 1.97. The van der Waals surface area contributed by atoms with Crippen molar-refractivity contribution in [2.24, 2.45) is 0 Å². The van der Waals surface area contributed by atoms with E-state index in [0.29, 0.717) is 6.61 Å². The van der Waals surface area contributed by atoms with E-state index in [9.17, 15) is 9.90 Å². The van der Waals surface area contributed by atoms with Gasteiger partial charge in [0, 0.05) is 25.5 Å². The molecule has 1 aromatic heterocycles. The van der Waals surface area contributed by atoms with Crippen LogP contribution < -0.4 is 5.32 Å². The summed E-state index contributed by atoms with van der Waals surface area (Å²) in [5.74, 6) is -0.0586. The van der Waals surface area contributed by atoms with Gasteiger partial charge in [0.2, 0.25) is 5.91 Å². The summed E-state index contributed by atoms with van der Waals surface area (Å²) in [4.78, 5) is 11.8. The van der Waals surface area contributed by atoms with Crippen LogP contribution >= 0.6 is 0 Å². The molecule has 108 valence electrons. The Labute approximate surface area is 114 Å². The molecule has 19 heavy (non-hydrogen) atoms. The van der Waals surface area contributed by atoms with E-state index in [4.69, 9.17) is 4.74 Å². The van der Waals surface area contributed by atoms with Gasteiger partial charge in [0.25, 0.3) is 0 Å². The van der Waals surface area contributed by atoms with Crippen LogP contribution in [0.15, 0.2) is 18.5 Å². The Hall–Kier alpha value is -1.33. The Morgan fingerprint density at radius 1 is 1.58 bits per heavy atom. The number of aromatic nitrogens is 1. The minimum Gasteiger partial charge on any atom is -0.388 e. The summed E-state index contributed by atoms with van der Waals surface area (Å²) >= 11 is 0. The van der Waals surface area contributed by atoms with E-state index in [1.807, 2.05) is 32.3 Å². The third kappa shape index (κ3) is 5.44. The second kappa shape index (κ2) is 7.96. The van der Waals surface area contributed by atoms with E-state index in [0.717, 1.165) is 18.4 Å². The van der Waals surface area contributed by atoms with Gasteiger partial charge >= 0.3 is 0 Å². The predicted molar refractivity (Wildman–Crippen MR) is 73.8 cm³/mol. The molecule has 5 nitrogen and oxygen atoms in total. The molecule has 0 fully saturated rings. The SMILES string of the molecule is CCCC(O)c1ccn(CC(=O)NC(C)COC)c1. The standard InChI is InChI=1S/C14H24N2O3/c1-4-5-13(17)12-6-7-16(8-12)9-14(18)15-11(2)10-19-3/h6-8,11,13,17H,4-5,9-10H2,1-3H3,(H,15,18). The number of hydrogen-bond acceptors (Lipinski definition) is 3. The number of aliphatic hydroxyl groups excluding tert-OH is 1. The molecule has 0 aliphatic heterocycles. The van der Waals surface area contributed by atoms with Crippen LogP contribution in [-0.2, 0) is 16.1 Å². The number of rotatable bonds is 8. The monoisotopic (exact) mass is 268 g/mol. The van der Waals surface area contributed by atoms with Gasteiger partial charge in [-0.05, 0) is 25.0 Å². The van der Waals surface area contributed by atoms with Crippen molar-refractivity contribution < 1.29 is 14.6 Å². The quantitative estimate of drug-likeness (QED) is 0.750. The van der Waals surface area contributed by atoms with Crippen LogP contribution in [0.1, 0.15) is 38.4 Å². The first-order valence-corrected chi connectivity index (χ1v) is 6.68. The Morgan fingerprint density at radius 3 is 2.95 bits per heavy atom. The Balaban J connectivity index is 2.47. The summed E-state index contributed by atoms with van der Waals surface area (Å²) in [6, 6.07) is 1.85. The second-order valence-electron chi connectivity index (χ2n) is 4.85. The third-order valence-corrected chi connectivity index (χ3v) is 2.87. The van der Waals surface area contributed by atoms with Crippen LogP contribution in [0.4, 0.5) is 0 Å². The number of nitrogens with zero attached hydrogens (tertiary/aromatic N) is 1. The molecule has 1 amide bonds. The van der Waals surface area contributed by atoms with Gasteiger partial charge in [-0.3, -0.25) is 4.79 Å². The van der Waals surface area contributed by atoms with Crippen molar-refractivity contribution in [3.8, 4) is 0 Å². The van der Waals surface area contributed by atoms with Gasteiger partial charge in [-0.1, -0.05) is 13.3 Å². The number of nitrogens with one attached hydrogen (secondary N) is 1. The van der Waals surface area contributed by atoms with Crippen LogP contribution in [0.2, 0.25) is 0 Å². The topological polar surface area (TPSA) is 63.5 Å². The van der Waals surface area contributed by atoms with Gasteiger partial charge in [-0.15, -0.1) is 0 Å². The number of hydrogen-bond donors (Lipinski definition) is 2. The molecule has 0 bridgehead atoms. The Bertz CT molecular complexity index is 390. The fourth-order valence-electron chi connectivity index (χ4n) is 1.97. The lowest BCUT2D eigenvalue weighted by molar-refractivity contribution is -0.122. The lowest BCUT2D eigenvalue weighted by Gasteiger charge is -2.13. The van der Waals surface area contributed by atoms with Gasteiger partial charge in [-0.2, -0.15) is 0 Å². The van der Waals surface area contributed by atoms with Crippen molar-refractivity contribution in [3.05, 3.63) is 24.0 Å². The van der Waals surface area contributed by atoms with E-state index in [1.54, 1.807) is 11.7 Å². The molecule has 0 saturated heterocycles. The van der Waals surface area contributed by atoms with Gasteiger partial charge in [0.15, 0.2) is 0 Å². The predicted octanol–water partition coefficient (Wildman–Crippen LogP) is 1.47. The maximum atomic E-state index is 11.8. The van der Waals surface area contributed by atoms with E-state index in [1.165, 1.54) is 0 Å². The number of carbonyl (C=O) groups excluding carboxylic acids is 1. The summed E-state index contributed by atoms with van der Waals surface area (Å²) < 4.78 is 6.74. The number of aliphatic hydroxyl groups is 1. The normalized spacial score (nSPS) is 14.1. The Morgan fingerprint density at radius 2 is 2.32 bits per heavy atom. The molecule has 2 unspecified atom stereocenters. The van der Waals surface area contributed by atoms with E-state index in [-0.39, 0.29) is 18.5 Å². The highest BCUT2D eigenvalue weighted by Gasteiger charge is 2.10. The first kappa shape index (κ1) is 15.7. The summed E-state index contributed by atoms with van der Waals surface area (Å²) in [6.07, 6.45) is 4.86. The molecular formula is C14H24N2O3. The summed E-state index contributed by atoms with van der Waals surface area (Å²) in [5, 5.41) is 12.7. The molecular weight excluding hydrogens is 244 g/mol. The van der Waals surface area contributed by atoms with E-state index < -0.39 is 6.10 Å². The lowest BCUT2D eigenvalue weighted by Crippen LogP contribution is -2.37. The smallest absolute Gasteiger partial charge is 0.240 e. The zero-order valence-corrected chi connectivity index (χ0v) is 11.9. The largest absolute Gasteiger partial charge is 0.388 e. The minimum atomic E-state index is -0.443. The van der Waals surface area contributed by atoms with Gasteiger partial charge in [0.05, 0.1) is 12.7 Å². The highest BCUT2D eigenvalue weighted by molar-refractivity contribution is 5.76. The van der Waals surface area contributed by atoms with Gasteiger partial charge in [-0.25, -0.2) is 0 Å². The lowest BCUT2D eigenvalue weighted by atomic mass is 10.1. The van der Waals surface area contributed by atoms with Gasteiger partial charge in [0.1, 0.15) is 6.54 Å². The maximum Gasteiger partial charge on any atom is 0.240 e. The average molecular weight is 268 g/mol. The maximum absolute atomic E-state index is 11.8. The van der Waals surface area contributed by atoms with Crippen LogP contribution in [0, 0.1) is 0 Å². The fraction of sp³-hybridized carbons (Fsp3) is 0.643. The van der Waals surface area contributed by atoms with Crippen LogP contribution in [-0.4, -0.2) is 35.3 Å². The zero-order valence-electron chi connectivity index (χ0n) is 11.9. The molecule has 0 aromatic carbocycles. The van der Waals surface area contributed by atoms with Crippen molar-refractivity contribution >= 4 is 5.91 Å². The third-order valence-electron chi connectivity index (χ3n) is 2.87. The molecule has 1 heterocycles. The first-order valence-electron chi connectivity index (χ1n) is 6.68. The molecule has 1 rings (SSSR count). The molecule has 0 spiro atoms. The summed E-state index contributed by atoms with van der Waals surface area (Å²) in [5.41, 5.74) is 0.861. The minimum absolute atomic E-state index is 0.00165. The molecule has 2 atom stereocenters. The van der Waals surface area contributed by atoms with Crippen molar-refractivity contribution in [1.29, 1.82) is 0 Å². The van der Waals surface area contributed by atoms with Crippen LogP contribution in [0.3, 0.4) is 0 Å². The second-order valence-corrected chi connectivity index (χ2v) is 4.85. The van der Waals surface area contributed by atoms with Crippen molar-refractivity contribution in [3.63, 3.8) is 0 Å². The number of amides is 1. The van der Waals surface area contributed by atoms with Crippen molar-refractivity contribution in [2.45, 2.75) is 45.4 Å². The molecule has 5 heteroatoms. The van der Waals surface area contributed by atoms with E-state index >= 15 is 0 Å². The number of carbonyl (C=O) groups is 1. The molecule has 0 saturated carbocycles. The van der Waals surface area contributed by atoms with E-state index in [2.05, 4.69) is 5.32 Å². The number of ether oxygens (including phenoxy) is 1. The number of methoxy groups -OCH3 is 1. The zero-order chi connectivity index (χ0) is 14.3. The Kier molecular flexibility index (Phi) is 6.59. The molecule has 0 radical (unpaired) electrons. The average Bonchev–Trinajstić information content (AvgIpc) is 2.77. The highest BCUT2D eigenvalue weighted by Crippen LogP contribution is 2.18. The van der Waals surface area contributed by atoms with Crippen LogP contribution in [0.25, 0.3) is 0 Å². The summed E-state index contributed by atoms with van der Waals surface area (Å²) in [6.45, 7) is 4.68. The highest BCUT2D eigenvalue weighted by atomic mass is 16.5. The molecule has 2 N–H and O–H groups in total. The van der Waals surface area contributed by atoms with Crippen molar-refractivity contribution in [1.82, 2.24) is 9.88 Å². The first-order chi connectivity index (χ1) is 9.06.